The van der Waals surface area contributed by atoms with Crippen molar-refractivity contribution in [1.82, 2.24) is 4.98 Å². The van der Waals surface area contributed by atoms with E-state index in [4.69, 9.17) is 4.74 Å². The number of esters is 1. The molecule has 0 aliphatic carbocycles. The second-order valence-electron chi connectivity index (χ2n) is 3.03. The number of ether oxygens (including phenoxy) is 1. The van der Waals surface area contributed by atoms with Gasteiger partial charge >= 0.3 is 5.97 Å². The third-order valence-corrected chi connectivity index (χ3v) is 1.64. The highest BCUT2D eigenvalue weighted by atomic mass is 79.9. The normalized spacial score (nSPS) is 11.0. The van der Waals surface area contributed by atoms with Crippen molar-refractivity contribution in [3.05, 3.63) is 24.4 Å². The van der Waals surface area contributed by atoms with E-state index in [1.165, 1.54) is 0 Å². The summed E-state index contributed by atoms with van der Waals surface area (Å²) in [5.41, 5.74) is 0. The average molecular weight is 244 g/mol. The zero-order valence-corrected chi connectivity index (χ0v) is 9.04. The molecule has 0 saturated carbocycles. The molecule has 1 rings (SSSR count). The maximum absolute atomic E-state index is 11.3. The molecular formula is C9H10BrNO2. The number of alkyl halides is 1. The molecule has 0 fully saturated rings. The van der Waals surface area contributed by atoms with Crippen molar-refractivity contribution in [2.75, 3.05) is 0 Å². The molecule has 0 radical (unpaired) electrons. The van der Waals surface area contributed by atoms with Crippen LogP contribution in [0.2, 0.25) is 0 Å². The van der Waals surface area contributed by atoms with Crippen LogP contribution in [0, 0.1) is 0 Å². The molecule has 13 heavy (non-hydrogen) atoms. The van der Waals surface area contributed by atoms with Crippen LogP contribution >= 0.6 is 15.9 Å². The van der Waals surface area contributed by atoms with Crippen molar-refractivity contribution in [1.29, 1.82) is 0 Å². The number of carbonyl (C=O) groups excluding carboxylic acids is 1. The Balaban J connectivity index is 2.66. The summed E-state index contributed by atoms with van der Waals surface area (Å²) in [5.74, 6) is -0.0359. The summed E-state index contributed by atoms with van der Waals surface area (Å²) in [6, 6.07) is 5.16. The Morgan fingerprint density at radius 3 is 2.69 bits per heavy atom. The van der Waals surface area contributed by atoms with Crippen LogP contribution in [0.5, 0.6) is 5.88 Å². The number of hydrogen-bond acceptors (Lipinski definition) is 3. The number of hydrogen-bond donors (Lipinski definition) is 0. The lowest BCUT2D eigenvalue weighted by Gasteiger charge is -2.13. The average Bonchev–Trinajstić information content (AvgIpc) is 2.04. The van der Waals surface area contributed by atoms with Gasteiger partial charge in [-0.2, -0.15) is 0 Å². The van der Waals surface area contributed by atoms with E-state index in [-0.39, 0.29) is 5.97 Å². The fraction of sp³-hybridized carbons (Fsp3) is 0.333. The molecule has 4 heteroatoms. The second kappa shape index (κ2) is 3.87. The lowest BCUT2D eigenvalue weighted by molar-refractivity contribution is -0.136. The van der Waals surface area contributed by atoms with Crippen LogP contribution in [0.4, 0.5) is 0 Å². The molecular weight excluding hydrogens is 234 g/mol. The maximum atomic E-state index is 11.3. The van der Waals surface area contributed by atoms with Crippen LogP contribution in [0.1, 0.15) is 13.8 Å². The lowest BCUT2D eigenvalue weighted by atomic mass is 10.2. The van der Waals surface area contributed by atoms with Crippen molar-refractivity contribution in [2.45, 2.75) is 18.2 Å². The molecule has 0 aliphatic heterocycles. The van der Waals surface area contributed by atoms with Gasteiger partial charge in [0.2, 0.25) is 5.88 Å². The van der Waals surface area contributed by atoms with Gasteiger partial charge in [-0.1, -0.05) is 22.0 Å². The molecule has 1 aromatic heterocycles. The van der Waals surface area contributed by atoms with Gasteiger partial charge in [0.15, 0.2) is 0 Å². The summed E-state index contributed by atoms with van der Waals surface area (Å²) in [6.07, 6.45) is 1.57. The fourth-order valence-electron chi connectivity index (χ4n) is 0.624. The largest absolute Gasteiger partial charge is 0.406 e. The van der Waals surface area contributed by atoms with Gasteiger partial charge in [0.25, 0.3) is 0 Å². The maximum Gasteiger partial charge on any atom is 0.329 e. The zero-order valence-electron chi connectivity index (χ0n) is 7.45. The van der Waals surface area contributed by atoms with E-state index in [9.17, 15) is 4.79 Å². The zero-order chi connectivity index (χ0) is 9.90. The molecule has 0 aliphatic rings. The van der Waals surface area contributed by atoms with Crippen molar-refractivity contribution in [3.63, 3.8) is 0 Å². The summed E-state index contributed by atoms with van der Waals surface area (Å²) in [5, 5.41) is 0. The predicted molar refractivity (Wildman–Crippen MR) is 52.9 cm³/mol. The van der Waals surface area contributed by atoms with E-state index < -0.39 is 4.32 Å². The first-order valence-corrected chi connectivity index (χ1v) is 4.61. The van der Waals surface area contributed by atoms with Gasteiger partial charge in [0.1, 0.15) is 4.32 Å². The Kier molecular flexibility index (Phi) is 3.03. The third-order valence-electron chi connectivity index (χ3n) is 1.32. The minimum Gasteiger partial charge on any atom is -0.406 e. The molecule has 1 aromatic rings. The molecule has 70 valence electrons. The minimum atomic E-state index is -0.676. The molecule has 0 N–H and O–H groups in total. The molecule has 0 aromatic carbocycles. The highest BCUT2D eigenvalue weighted by Crippen LogP contribution is 2.18. The highest BCUT2D eigenvalue weighted by molar-refractivity contribution is 9.10. The molecule has 0 unspecified atom stereocenters. The SMILES string of the molecule is CC(C)(Br)C(=O)Oc1ccccn1. The molecule has 3 nitrogen and oxygen atoms in total. The Morgan fingerprint density at radius 1 is 1.54 bits per heavy atom. The van der Waals surface area contributed by atoms with Crippen molar-refractivity contribution in [3.8, 4) is 5.88 Å². The Labute approximate surface area is 85.3 Å². The van der Waals surface area contributed by atoms with E-state index in [2.05, 4.69) is 20.9 Å². The van der Waals surface area contributed by atoms with E-state index in [0.29, 0.717) is 5.88 Å². The topological polar surface area (TPSA) is 39.2 Å². The van der Waals surface area contributed by atoms with Crippen LogP contribution in [0.15, 0.2) is 24.4 Å². The summed E-state index contributed by atoms with van der Waals surface area (Å²) < 4.78 is 4.31. The quantitative estimate of drug-likeness (QED) is 0.591. The molecule has 0 atom stereocenters. The van der Waals surface area contributed by atoms with Gasteiger partial charge in [-0.15, -0.1) is 0 Å². The van der Waals surface area contributed by atoms with Crippen LogP contribution in [-0.2, 0) is 4.79 Å². The first-order chi connectivity index (χ1) is 6.00. The number of pyridine rings is 1. The number of rotatable bonds is 2. The number of nitrogens with zero attached hydrogens (tertiary/aromatic N) is 1. The Bertz CT molecular complexity index is 292. The third kappa shape index (κ3) is 3.14. The smallest absolute Gasteiger partial charge is 0.329 e. The van der Waals surface area contributed by atoms with Gasteiger partial charge < -0.3 is 4.74 Å². The molecule has 0 spiro atoms. The van der Waals surface area contributed by atoms with E-state index >= 15 is 0 Å². The Morgan fingerprint density at radius 2 is 2.23 bits per heavy atom. The predicted octanol–water partition coefficient (Wildman–Crippen LogP) is 2.16. The van der Waals surface area contributed by atoms with E-state index in [1.54, 1.807) is 38.2 Å². The van der Waals surface area contributed by atoms with Crippen molar-refractivity contribution >= 4 is 21.9 Å². The van der Waals surface area contributed by atoms with Crippen molar-refractivity contribution < 1.29 is 9.53 Å². The van der Waals surface area contributed by atoms with Crippen LogP contribution < -0.4 is 4.74 Å². The first kappa shape index (κ1) is 10.2. The van der Waals surface area contributed by atoms with E-state index in [0.717, 1.165) is 0 Å². The number of halogens is 1. The van der Waals surface area contributed by atoms with Crippen LogP contribution in [0.25, 0.3) is 0 Å². The van der Waals surface area contributed by atoms with Gasteiger partial charge in [0, 0.05) is 12.3 Å². The summed E-state index contributed by atoms with van der Waals surface area (Å²) >= 11 is 3.20. The first-order valence-electron chi connectivity index (χ1n) is 3.82. The Hall–Kier alpha value is -0.900. The number of aromatic nitrogens is 1. The van der Waals surface area contributed by atoms with Gasteiger partial charge in [-0.3, -0.25) is 4.79 Å². The molecule has 1 heterocycles. The van der Waals surface area contributed by atoms with Crippen molar-refractivity contribution in [2.24, 2.45) is 0 Å². The second-order valence-corrected chi connectivity index (χ2v) is 5.01. The molecule has 0 amide bonds. The van der Waals surface area contributed by atoms with E-state index in [1.807, 2.05) is 0 Å². The minimum absolute atomic E-state index is 0.319. The van der Waals surface area contributed by atoms with Gasteiger partial charge in [0.05, 0.1) is 0 Å². The summed E-state index contributed by atoms with van der Waals surface area (Å²) in [4.78, 5) is 15.2. The molecule has 0 saturated heterocycles. The monoisotopic (exact) mass is 243 g/mol. The standard InChI is InChI=1S/C9H10BrNO2/c1-9(2,10)8(12)13-7-5-3-4-6-11-7/h3-6H,1-2H3. The van der Waals surface area contributed by atoms with Gasteiger partial charge in [-0.25, -0.2) is 4.98 Å². The molecule has 0 bridgehead atoms. The highest BCUT2D eigenvalue weighted by Gasteiger charge is 2.26. The van der Waals surface area contributed by atoms with Crippen LogP contribution in [0.3, 0.4) is 0 Å². The lowest BCUT2D eigenvalue weighted by Crippen LogP contribution is -2.29. The number of carbonyl (C=O) groups is 1. The summed E-state index contributed by atoms with van der Waals surface area (Å²) in [6.45, 7) is 3.44. The summed E-state index contributed by atoms with van der Waals surface area (Å²) in [7, 11) is 0. The van der Waals surface area contributed by atoms with Crippen LogP contribution in [-0.4, -0.2) is 15.3 Å². The fourth-order valence-corrected chi connectivity index (χ4v) is 0.705. The van der Waals surface area contributed by atoms with Gasteiger partial charge in [-0.05, 0) is 19.9 Å².